The summed E-state index contributed by atoms with van der Waals surface area (Å²) >= 11 is 1.31. The van der Waals surface area contributed by atoms with Gasteiger partial charge in [-0.05, 0) is 68.7 Å². The number of halogens is 1. The predicted molar refractivity (Wildman–Crippen MR) is 147 cm³/mol. The van der Waals surface area contributed by atoms with Crippen LogP contribution in [0.4, 0.5) is 21.2 Å². The summed E-state index contributed by atoms with van der Waals surface area (Å²) in [6, 6.07) is 16.1. The number of nitrogens with zero attached hydrogens (tertiary/aromatic N) is 5. The van der Waals surface area contributed by atoms with Crippen molar-refractivity contribution in [1.82, 2.24) is 24.4 Å². The van der Waals surface area contributed by atoms with Crippen molar-refractivity contribution in [3.05, 3.63) is 72.8 Å². The van der Waals surface area contributed by atoms with E-state index in [1.807, 2.05) is 6.07 Å². The quantitative estimate of drug-likeness (QED) is 0.279. The van der Waals surface area contributed by atoms with E-state index in [2.05, 4.69) is 68.6 Å². The van der Waals surface area contributed by atoms with Crippen LogP contribution in [0, 0.1) is 5.82 Å². The maximum Gasteiger partial charge on any atom is 0.227 e. The van der Waals surface area contributed by atoms with Crippen LogP contribution >= 0.6 is 11.3 Å². The van der Waals surface area contributed by atoms with Crippen LogP contribution in [0.1, 0.15) is 6.92 Å². The second-order valence-electron chi connectivity index (χ2n) is 8.86. The molecule has 1 amide bonds. The van der Waals surface area contributed by atoms with Gasteiger partial charge in [0.05, 0.1) is 16.3 Å². The number of likely N-dealkylation sites (N-methyl/N-ethyl adjacent to an activating group) is 1. The van der Waals surface area contributed by atoms with Crippen molar-refractivity contribution in [2.24, 2.45) is 0 Å². The maximum atomic E-state index is 13.5. The van der Waals surface area contributed by atoms with Crippen LogP contribution < -0.4 is 10.6 Å². The molecule has 0 radical (unpaired) electrons. The number of rotatable bonds is 8. The zero-order valence-electron chi connectivity index (χ0n) is 20.7. The van der Waals surface area contributed by atoms with Crippen molar-refractivity contribution < 1.29 is 9.18 Å². The molecule has 0 saturated carbocycles. The second kappa shape index (κ2) is 10.5. The van der Waals surface area contributed by atoms with Crippen LogP contribution in [-0.2, 0) is 11.3 Å². The summed E-state index contributed by atoms with van der Waals surface area (Å²) in [6.07, 6.45) is 3.77. The van der Waals surface area contributed by atoms with E-state index in [4.69, 9.17) is 4.98 Å². The Morgan fingerprint density at radius 1 is 1.08 bits per heavy atom. The summed E-state index contributed by atoms with van der Waals surface area (Å²) in [5.41, 5.74) is 4.01. The first-order chi connectivity index (χ1) is 17.9. The van der Waals surface area contributed by atoms with E-state index in [0.29, 0.717) is 22.5 Å². The first-order valence-corrected chi connectivity index (χ1v) is 12.6. The third-order valence-electron chi connectivity index (χ3n) is 5.73. The van der Waals surface area contributed by atoms with E-state index in [1.54, 1.807) is 24.4 Å². The molecule has 0 unspecified atom stereocenters. The molecule has 5 rings (SSSR count). The van der Waals surface area contributed by atoms with Gasteiger partial charge < -0.3 is 20.1 Å². The third-order valence-corrected chi connectivity index (χ3v) is 6.72. The molecule has 2 aromatic carbocycles. The number of aromatic nitrogens is 4. The lowest BCUT2D eigenvalue weighted by Crippen LogP contribution is -2.17. The van der Waals surface area contributed by atoms with E-state index in [9.17, 15) is 9.18 Å². The Kier molecular flexibility index (Phi) is 6.93. The smallest absolute Gasteiger partial charge is 0.227 e. The number of nitrogens with one attached hydrogen (secondary N) is 2. The van der Waals surface area contributed by atoms with Crippen molar-refractivity contribution in [1.29, 1.82) is 0 Å². The minimum Gasteiger partial charge on any atom is -0.346 e. The third kappa shape index (κ3) is 5.65. The fraction of sp³-hybridized carbons (Fsp3) is 0.185. The molecule has 10 heteroatoms. The van der Waals surface area contributed by atoms with Gasteiger partial charge in [0.25, 0.3) is 0 Å². The molecule has 0 aliphatic heterocycles. The van der Waals surface area contributed by atoms with Crippen molar-refractivity contribution in [2.45, 2.75) is 13.5 Å². The lowest BCUT2D eigenvalue weighted by Gasteiger charge is -2.11. The molecule has 5 aromatic rings. The highest BCUT2D eigenvalue weighted by atomic mass is 32.1. The van der Waals surface area contributed by atoms with Gasteiger partial charge in [0, 0.05) is 54.6 Å². The number of fused-ring (bicyclic) bond motifs is 1. The minimum absolute atomic E-state index is 0.220. The molecule has 0 spiro atoms. The average molecular weight is 516 g/mol. The zero-order valence-corrected chi connectivity index (χ0v) is 21.5. The average Bonchev–Trinajstić information content (AvgIpc) is 3.47. The van der Waals surface area contributed by atoms with E-state index in [1.165, 1.54) is 35.9 Å². The first-order valence-electron chi connectivity index (χ1n) is 11.7. The standard InChI is InChI=1S/C27H26FN7OS/c1-17(36)30-27-33-24(18-4-6-20(28)7-5-18)25(37-27)22-10-12-29-26(32-22)31-21-8-9-23-19(16-21)11-13-35(23)15-14-34(2)3/h4-13,16H,14-15H2,1-3H3,(H,29,31,32)(H,30,33,36). The molecule has 0 aliphatic rings. The largest absolute Gasteiger partial charge is 0.346 e. The van der Waals surface area contributed by atoms with Gasteiger partial charge in [-0.15, -0.1) is 0 Å². The fourth-order valence-corrected chi connectivity index (χ4v) is 4.96. The zero-order chi connectivity index (χ0) is 25.9. The van der Waals surface area contributed by atoms with Gasteiger partial charge >= 0.3 is 0 Å². The Morgan fingerprint density at radius 2 is 1.89 bits per heavy atom. The highest BCUT2D eigenvalue weighted by Gasteiger charge is 2.18. The van der Waals surface area contributed by atoms with Gasteiger partial charge in [0.1, 0.15) is 5.82 Å². The summed E-state index contributed by atoms with van der Waals surface area (Å²) in [7, 11) is 4.13. The summed E-state index contributed by atoms with van der Waals surface area (Å²) in [5, 5.41) is 7.60. The first kappa shape index (κ1) is 24.5. The molecule has 37 heavy (non-hydrogen) atoms. The molecule has 0 atom stereocenters. The summed E-state index contributed by atoms with van der Waals surface area (Å²) in [5.74, 6) is -0.119. The Bertz CT molecular complexity index is 1560. The molecule has 0 aliphatic carbocycles. The van der Waals surface area contributed by atoms with Crippen molar-refractivity contribution in [3.63, 3.8) is 0 Å². The Labute approximate surface area is 217 Å². The molecule has 8 nitrogen and oxygen atoms in total. The van der Waals surface area contributed by atoms with Crippen LogP contribution in [0.5, 0.6) is 0 Å². The number of hydrogen-bond acceptors (Lipinski definition) is 7. The number of anilines is 3. The van der Waals surface area contributed by atoms with Gasteiger partial charge in [-0.3, -0.25) is 4.79 Å². The predicted octanol–water partition coefficient (Wildman–Crippen LogP) is 5.62. The van der Waals surface area contributed by atoms with Crippen LogP contribution in [0.3, 0.4) is 0 Å². The Balaban J connectivity index is 1.44. The van der Waals surface area contributed by atoms with Crippen molar-refractivity contribution in [2.75, 3.05) is 31.3 Å². The van der Waals surface area contributed by atoms with E-state index in [-0.39, 0.29) is 11.7 Å². The lowest BCUT2D eigenvalue weighted by atomic mass is 10.1. The van der Waals surface area contributed by atoms with Gasteiger partial charge in [-0.1, -0.05) is 11.3 Å². The van der Waals surface area contributed by atoms with Gasteiger partial charge in [0.2, 0.25) is 11.9 Å². The number of amides is 1. The second-order valence-corrected chi connectivity index (χ2v) is 9.86. The van der Waals surface area contributed by atoms with Gasteiger partial charge in [-0.25, -0.2) is 19.3 Å². The number of thiazole rings is 1. The van der Waals surface area contributed by atoms with Crippen LogP contribution in [0.25, 0.3) is 32.7 Å². The number of carbonyl (C=O) groups is 1. The van der Waals surface area contributed by atoms with Crippen LogP contribution in [-0.4, -0.2) is 51.0 Å². The lowest BCUT2D eigenvalue weighted by molar-refractivity contribution is -0.114. The molecular weight excluding hydrogens is 489 g/mol. The topological polar surface area (TPSA) is 88.0 Å². The van der Waals surface area contributed by atoms with Crippen molar-refractivity contribution >= 4 is 44.9 Å². The Hall–Kier alpha value is -4.15. The van der Waals surface area contributed by atoms with Gasteiger partial charge in [-0.2, -0.15) is 0 Å². The highest BCUT2D eigenvalue weighted by Crippen LogP contribution is 2.38. The molecule has 0 saturated heterocycles. The van der Waals surface area contributed by atoms with Crippen LogP contribution in [0.2, 0.25) is 0 Å². The monoisotopic (exact) mass is 515 g/mol. The molecule has 188 valence electrons. The molecule has 0 bridgehead atoms. The number of carbonyl (C=O) groups excluding carboxylic acids is 1. The van der Waals surface area contributed by atoms with E-state index in [0.717, 1.165) is 34.6 Å². The van der Waals surface area contributed by atoms with E-state index < -0.39 is 0 Å². The molecule has 0 fully saturated rings. The summed E-state index contributed by atoms with van der Waals surface area (Å²) in [6.45, 7) is 3.31. The molecule has 3 heterocycles. The normalized spacial score (nSPS) is 11.3. The molecular formula is C27H26FN7OS. The summed E-state index contributed by atoms with van der Waals surface area (Å²) in [4.78, 5) is 28.2. The Morgan fingerprint density at radius 3 is 2.65 bits per heavy atom. The molecule has 3 aromatic heterocycles. The number of benzene rings is 2. The fourth-order valence-electron chi connectivity index (χ4n) is 3.96. The number of hydrogen-bond donors (Lipinski definition) is 2. The molecule has 2 N–H and O–H groups in total. The SMILES string of the molecule is CC(=O)Nc1nc(-c2ccc(F)cc2)c(-c2ccnc(Nc3ccc4c(ccn4CCN(C)C)c3)n2)s1. The minimum atomic E-state index is -0.332. The highest BCUT2D eigenvalue weighted by molar-refractivity contribution is 7.19. The van der Waals surface area contributed by atoms with E-state index >= 15 is 0 Å². The van der Waals surface area contributed by atoms with Crippen LogP contribution in [0.15, 0.2) is 67.0 Å². The maximum absolute atomic E-state index is 13.5. The summed E-state index contributed by atoms with van der Waals surface area (Å²) < 4.78 is 15.8. The van der Waals surface area contributed by atoms with Crippen molar-refractivity contribution in [3.8, 4) is 21.8 Å². The van der Waals surface area contributed by atoms with Gasteiger partial charge in [0.15, 0.2) is 5.13 Å².